The van der Waals surface area contributed by atoms with Gasteiger partial charge in [0.2, 0.25) is 0 Å². The van der Waals surface area contributed by atoms with Crippen molar-refractivity contribution in [2.75, 3.05) is 7.05 Å². The maximum atomic E-state index is 4.72. The summed E-state index contributed by atoms with van der Waals surface area (Å²) in [7, 11) is 1.97. The zero-order chi connectivity index (χ0) is 11.1. The van der Waals surface area contributed by atoms with Crippen LogP contribution in [0.2, 0.25) is 0 Å². The number of hydrogen-bond acceptors (Lipinski definition) is 2. The summed E-state index contributed by atoms with van der Waals surface area (Å²) >= 11 is 0. The molecule has 0 amide bonds. The minimum Gasteiger partial charge on any atom is -0.316 e. The average Bonchev–Trinajstić information content (AvgIpc) is 3.07. The van der Waals surface area contributed by atoms with Gasteiger partial charge < -0.3 is 9.72 Å². The fourth-order valence-corrected chi connectivity index (χ4v) is 2.28. The van der Waals surface area contributed by atoms with Crippen LogP contribution in [0.5, 0.6) is 0 Å². The second kappa shape index (κ2) is 3.59. The lowest BCUT2D eigenvalue weighted by Gasteiger charge is -2.02. The lowest BCUT2D eigenvalue weighted by Crippen LogP contribution is -2.05. The molecule has 1 saturated carbocycles. The molecule has 84 valence electrons. The molecule has 1 N–H and O–H groups in total. The maximum Gasteiger partial charge on any atom is 0.137 e. The second-order valence-electron chi connectivity index (χ2n) is 4.65. The van der Waals surface area contributed by atoms with Crippen LogP contribution in [0.25, 0.3) is 5.65 Å². The molecule has 3 heteroatoms. The first-order valence-corrected chi connectivity index (χ1v) is 5.91. The van der Waals surface area contributed by atoms with Crippen LogP contribution in [0.4, 0.5) is 0 Å². The Morgan fingerprint density at radius 1 is 1.44 bits per heavy atom. The van der Waals surface area contributed by atoms with Gasteiger partial charge in [-0.1, -0.05) is 6.07 Å². The summed E-state index contributed by atoms with van der Waals surface area (Å²) < 4.78 is 2.22. The van der Waals surface area contributed by atoms with E-state index in [1.54, 1.807) is 0 Å². The van der Waals surface area contributed by atoms with E-state index in [2.05, 4.69) is 35.0 Å². The number of aromatic nitrogens is 2. The molecule has 0 saturated heterocycles. The van der Waals surface area contributed by atoms with Crippen LogP contribution < -0.4 is 5.32 Å². The van der Waals surface area contributed by atoms with Gasteiger partial charge in [-0.15, -0.1) is 0 Å². The quantitative estimate of drug-likeness (QED) is 0.850. The summed E-state index contributed by atoms with van der Waals surface area (Å²) in [6.45, 7) is 3.09. The molecule has 0 bridgehead atoms. The summed E-state index contributed by atoms with van der Waals surface area (Å²) in [5.74, 6) is 0.729. The van der Waals surface area contributed by atoms with Crippen molar-refractivity contribution in [1.29, 1.82) is 0 Å². The third kappa shape index (κ3) is 1.52. The van der Waals surface area contributed by atoms with E-state index in [0.717, 1.165) is 18.1 Å². The van der Waals surface area contributed by atoms with Crippen LogP contribution in [0, 0.1) is 6.92 Å². The Bertz CT molecular complexity index is 523. The summed E-state index contributed by atoms with van der Waals surface area (Å²) in [6.07, 6.45) is 4.82. The summed E-state index contributed by atoms with van der Waals surface area (Å²) in [5.41, 5.74) is 5.01. The minimum atomic E-state index is 0.729. The van der Waals surface area contributed by atoms with E-state index < -0.39 is 0 Å². The fourth-order valence-electron chi connectivity index (χ4n) is 2.28. The molecule has 16 heavy (non-hydrogen) atoms. The highest BCUT2D eigenvalue weighted by atomic mass is 15.0. The van der Waals surface area contributed by atoms with E-state index >= 15 is 0 Å². The molecule has 1 fully saturated rings. The van der Waals surface area contributed by atoms with Crippen molar-refractivity contribution < 1.29 is 0 Å². The zero-order valence-electron chi connectivity index (χ0n) is 9.83. The van der Waals surface area contributed by atoms with Crippen molar-refractivity contribution >= 4 is 5.65 Å². The first-order chi connectivity index (χ1) is 7.79. The van der Waals surface area contributed by atoms with Gasteiger partial charge in [-0.3, -0.25) is 0 Å². The van der Waals surface area contributed by atoms with Crippen LogP contribution in [0.1, 0.15) is 35.7 Å². The van der Waals surface area contributed by atoms with Crippen LogP contribution in [-0.4, -0.2) is 16.4 Å². The van der Waals surface area contributed by atoms with E-state index in [0.29, 0.717) is 0 Å². The predicted molar refractivity (Wildman–Crippen MR) is 64.7 cm³/mol. The highest BCUT2D eigenvalue weighted by molar-refractivity contribution is 5.46. The van der Waals surface area contributed by atoms with Gasteiger partial charge >= 0.3 is 0 Å². The second-order valence-corrected chi connectivity index (χ2v) is 4.65. The van der Waals surface area contributed by atoms with Crippen molar-refractivity contribution in [3.05, 3.63) is 35.3 Å². The number of aryl methyl sites for hydroxylation is 1. The Balaban J connectivity index is 2.11. The molecular formula is C13H17N3. The summed E-state index contributed by atoms with van der Waals surface area (Å²) in [6, 6.07) is 4.26. The van der Waals surface area contributed by atoms with Crippen molar-refractivity contribution in [3.8, 4) is 0 Å². The van der Waals surface area contributed by atoms with Crippen molar-refractivity contribution in [2.24, 2.45) is 0 Å². The van der Waals surface area contributed by atoms with Crippen LogP contribution in [-0.2, 0) is 6.54 Å². The number of fused-ring (bicyclic) bond motifs is 1. The van der Waals surface area contributed by atoms with Gasteiger partial charge in [0.1, 0.15) is 5.65 Å². The summed E-state index contributed by atoms with van der Waals surface area (Å²) in [4.78, 5) is 4.72. The normalized spacial score (nSPS) is 15.9. The van der Waals surface area contributed by atoms with Crippen molar-refractivity contribution in [1.82, 2.24) is 14.7 Å². The molecule has 3 nitrogen and oxygen atoms in total. The lowest BCUT2D eigenvalue weighted by atomic mass is 10.2. The van der Waals surface area contributed by atoms with Crippen LogP contribution >= 0.6 is 0 Å². The Labute approximate surface area is 95.5 Å². The van der Waals surface area contributed by atoms with Crippen LogP contribution in [0.3, 0.4) is 0 Å². The molecule has 0 spiro atoms. The van der Waals surface area contributed by atoms with Gasteiger partial charge in [-0.2, -0.15) is 0 Å². The van der Waals surface area contributed by atoms with Gasteiger partial charge in [-0.25, -0.2) is 4.98 Å². The molecule has 0 radical (unpaired) electrons. The van der Waals surface area contributed by atoms with Gasteiger partial charge in [0.25, 0.3) is 0 Å². The Morgan fingerprint density at radius 3 is 2.94 bits per heavy atom. The number of pyridine rings is 1. The number of nitrogens with zero attached hydrogens (tertiary/aromatic N) is 2. The number of imidazole rings is 1. The van der Waals surface area contributed by atoms with Crippen LogP contribution in [0.15, 0.2) is 18.3 Å². The van der Waals surface area contributed by atoms with Gasteiger partial charge in [0.15, 0.2) is 0 Å². The number of rotatable bonds is 3. The van der Waals surface area contributed by atoms with Gasteiger partial charge in [0, 0.05) is 24.4 Å². The first kappa shape index (κ1) is 9.85. The highest BCUT2D eigenvalue weighted by Crippen LogP contribution is 2.41. The third-order valence-corrected chi connectivity index (χ3v) is 3.30. The monoisotopic (exact) mass is 215 g/mol. The lowest BCUT2D eigenvalue weighted by molar-refractivity contribution is 0.809. The molecular weight excluding hydrogens is 198 g/mol. The SMILES string of the molecule is CNCc1ccc2nc(C3CC3)c(C)n2c1. The Morgan fingerprint density at radius 2 is 2.25 bits per heavy atom. The molecule has 1 aliphatic rings. The van der Waals surface area contributed by atoms with E-state index in [-0.39, 0.29) is 0 Å². The molecule has 2 aromatic heterocycles. The van der Waals surface area contributed by atoms with Gasteiger partial charge in [-0.05, 0) is 38.4 Å². The number of hydrogen-bond donors (Lipinski definition) is 1. The van der Waals surface area contributed by atoms with E-state index in [1.807, 2.05) is 7.05 Å². The maximum absolute atomic E-state index is 4.72. The number of nitrogens with one attached hydrogen (secondary N) is 1. The molecule has 3 rings (SSSR count). The molecule has 2 heterocycles. The summed E-state index contributed by atoms with van der Waals surface area (Å²) in [5, 5.41) is 3.18. The van der Waals surface area contributed by atoms with Crippen molar-refractivity contribution in [2.45, 2.75) is 32.2 Å². The molecule has 0 unspecified atom stereocenters. The Kier molecular flexibility index (Phi) is 2.21. The average molecular weight is 215 g/mol. The van der Waals surface area contributed by atoms with E-state index in [1.165, 1.54) is 29.8 Å². The largest absolute Gasteiger partial charge is 0.316 e. The molecule has 0 atom stereocenters. The molecule has 0 aromatic carbocycles. The first-order valence-electron chi connectivity index (χ1n) is 5.91. The minimum absolute atomic E-state index is 0.729. The standard InChI is InChI=1S/C13H17N3/c1-9-13(11-4-5-11)15-12-6-3-10(7-14-2)8-16(9)12/h3,6,8,11,14H,4-5,7H2,1-2H3. The van der Waals surface area contributed by atoms with Gasteiger partial charge in [0.05, 0.1) is 5.69 Å². The Hall–Kier alpha value is -1.35. The smallest absolute Gasteiger partial charge is 0.137 e. The molecule has 1 aliphatic carbocycles. The predicted octanol–water partition coefficient (Wildman–Crippen LogP) is 2.24. The van der Waals surface area contributed by atoms with E-state index in [4.69, 9.17) is 4.98 Å². The zero-order valence-corrected chi connectivity index (χ0v) is 9.83. The fraction of sp³-hybridized carbons (Fsp3) is 0.462. The third-order valence-electron chi connectivity index (χ3n) is 3.30. The van der Waals surface area contributed by atoms with E-state index in [9.17, 15) is 0 Å². The molecule has 0 aliphatic heterocycles. The van der Waals surface area contributed by atoms with Crippen molar-refractivity contribution in [3.63, 3.8) is 0 Å². The molecule has 2 aromatic rings. The topological polar surface area (TPSA) is 29.3 Å². The highest BCUT2D eigenvalue weighted by Gasteiger charge is 2.28.